The zero-order valence-electron chi connectivity index (χ0n) is 14.9. The minimum Gasteiger partial charge on any atom is -0.497 e. The average Bonchev–Trinajstić information content (AvgIpc) is 3.17. The van der Waals surface area contributed by atoms with Crippen LogP contribution in [0.2, 0.25) is 0 Å². The van der Waals surface area contributed by atoms with Crippen molar-refractivity contribution in [2.75, 3.05) is 31.7 Å². The molecule has 4 rings (SSSR count). The van der Waals surface area contributed by atoms with Crippen LogP contribution in [0.1, 0.15) is 18.4 Å². The summed E-state index contributed by atoms with van der Waals surface area (Å²) in [6.07, 6.45) is 5.98. The summed E-state index contributed by atoms with van der Waals surface area (Å²) in [4.78, 5) is 18.3. The van der Waals surface area contributed by atoms with Gasteiger partial charge in [-0.2, -0.15) is 0 Å². The number of methoxy groups -OCH3 is 1. The summed E-state index contributed by atoms with van der Waals surface area (Å²) in [5.74, 6) is 1.70. The van der Waals surface area contributed by atoms with Crippen LogP contribution in [0.4, 0.5) is 5.82 Å². The van der Waals surface area contributed by atoms with E-state index in [0.717, 1.165) is 49.4 Å². The predicted molar refractivity (Wildman–Crippen MR) is 99.3 cm³/mol. The number of H-pyrrole nitrogens is 1. The molecule has 7 heteroatoms. The van der Waals surface area contributed by atoms with Crippen molar-refractivity contribution in [1.82, 2.24) is 19.9 Å². The molecule has 1 fully saturated rings. The van der Waals surface area contributed by atoms with Crippen LogP contribution < -0.4 is 9.64 Å². The van der Waals surface area contributed by atoms with Gasteiger partial charge in [-0.1, -0.05) is 12.1 Å². The van der Waals surface area contributed by atoms with Crippen molar-refractivity contribution in [3.63, 3.8) is 0 Å². The standard InChI is InChI=1S/C19H23N5O2/c1-26-15-5-2-4-14(8-15)9-19(11-25)6-3-7-24(10-19)18-16-17(21-12-20-16)22-13-23-18/h2,4-5,8,12-13,25H,3,6-7,9-11H2,1H3,(H,20,21,22,23)/t19-/m1/s1. The molecule has 136 valence electrons. The van der Waals surface area contributed by atoms with Crippen molar-refractivity contribution >= 4 is 17.0 Å². The summed E-state index contributed by atoms with van der Waals surface area (Å²) >= 11 is 0. The number of piperidine rings is 1. The van der Waals surface area contributed by atoms with Gasteiger partial charge in [0.15, 0.2) is 11.5 Å². The van der Waals surface area contributed by atoms with Crippen molar-refractivity contribution in [3.8, 4) is 5.75 Å². The maximum absolute atomic E-state index is 10.3. The van der Waals surface area contributed by atoms with E-state index in [0.29, 0.717) is 5.65 Å². The van der Waals surface area contributed by atoms with Crippen LogP contribution in [0.5, 0.6) is 5.75 Å². The van der Waals surface area contributed by atoms with E-state index in [9.17, 15) is 5.11 Å². The normalized spacial score (nSPS) is 20.5. The molecule has 1 aliphatic heterocycles. The first kappa shape index (κ1) is 16.8. The van der Waals surface area contributed by atoms with Crippen molar-refractivity contribution in [1.29, 1.82) is 0 Å². The van der Waals surface area contributed by atoms with Crippen LogP contribution in [0.15, 0.2) is 36.9 Å². The number of aliphatic hydroxyl groups is 1. The van der Waals surface area contributed by atoms with E-state index < -0.39 is 0 Å². The van der Waals surface area contributed by atoms with Crippen molar-refractivity contribution in [2.45, 2.75) is 19.3 Å². The number of nitrogens with zero attached hydrogens (tertiary/aromatic N) is 4. The molecule has 2 N–H and O–H groups in total. The second kappa shape index (κ2) is 6.92. The van der Waals surface area contributed by atoms with Gasteiger partial charge in [0.25, 0.3) is 0 Å². The van der Waals surface area contributed by atoms with Crippen molar-refractivity contribution in [3.05, 3.63) is 42.5 Å². The Morgan fingerprint density at radius 1 is 1.31 bits per heavy atom. The molecule has 3 heterocycles. The van der Waals surface area contributed by atoms with Crippen LogP contribution in [-0.2, 0) is 6.42 Å². The second-order valence-electron chi connectivity index (χ2n) is 7.01. The molecule has 2 aromatic heterocycles. The highest BCUT2D eigenvalue weighted by Crippen LogP contribution is 2.36. The third-order valence-electron chi connectivity index (χ3n) is 5.21. The van der Waals surface area contributed by atoms with Crippen LogP contribution in [0.3, 0.4) is 0 Å². The van der Waals surface area contributed by atoms with Gasteiger partial charge in [0.2, 0.25) is 0 Å². The van der Waals surface area contributed by atoms with E-state index >= 15 is 0 Å². The fraction of sp³-hybridized carbons (Fsp3) is 0.421. The van der Waals surface area contributed by atoms with Gasteiger partial charge in [-0.05, 0) is 37.0 Å². The van der Waals surface area contributed by atoms with Gasteiger partial charge in [-0.3, -0.25) is 0 Å². The summed E-state index contributed by atoms with van der Waals surface area (Å²) in [6, 6.07) is 8.08. The smallest absolute Gasteiger partial charge is 0.182 e. The molecule has 1 aromatic carbocycles. The number of ether oxygens (including phenoxy) is 1. The molecule has 0 amide bonds. The Kier molecular flexibility index (Phi) is 4.46. The number of benzene rings is 1. The van der Waals surface area contributed by atoms with E-state index in [1.807, 2.05) is 18.2 Å². The zero-order chi connectivity index (χ0) is 18.0. The van der Waals surface area contributed by atoms with Gasteiger partial charge in [-0.15, -0.1) is 0 Å². The minimum absolute atomic E-state index is 0.137. The number of aromatic amines is 1. The number of imidazole rings is 1. The number of hydrogen-bond donors (Lipinski definition) is 2. The number of aromatic nitrogens is 4. The van der Waals surface area contributed by atoms with Gasteiger partial charge in [0.05, 0.1) is 20.0 Å². The molecule has 1 aliphatic rings. The highest BCUT2D eigenvalue weighted by atomic mass is 16.5. The molecule has 0 spiro atoms. The minimum atomic E-state index is -0.206. The predicted octanol–water partition coefficient (Wildman–Crippen LogP) is 2.18. The maximum Gasteiger partial charge on any atom is 0.182 e. The Hall–Kier alpha value is -2.67. The molecule has 0 bridgehead atoms. The second-order valence-corrected chi connectivity index (χ2v) is 7.01. The largest absolute Gasteiger partial charge is 0.497 e. The number of anilines is 1. The number of hydrogen-bond acceptors (Lipinski definition) is 6. The first-order chi connectivity index (χ1) is 12.7. The number of fused-ring (bicyclic) bond motifs is 1. The van der Waals surface area contributed by atoms with Gasteiger partial charge in [-0.25, -0.2) is 15.0 Å². The Bertz CT molecular complexity index is 896. The fourth-order valence-corrected chi connectivity index (χ4v) is 3.93. The van der Waals surface area contributed by atoms with E-state index in [1.54, 1.807) is 19.8 Å². The lowest BCUT2D eigenvalue weighted by Crippen LogP contribution is -2.47. The van der Waals surface area contributed by atoms with Crippen LogP contribution in [0, 0.1) is 5.41 Å². The molecule has 1 atom stereocenters. The molecule has 1 saturated heterocycles. The van der Waals surface area contributed by atoms with Gasteiger partial charge >= 0.3 is 0 Å². The SMILES string of the molecule is COc1cccc(C[C@]2(CO)CCCN(c3ncnc4nc[nH]c34)C2)c1. The molecule has 0 aliphatic carbocycles. The summed E-state index contributed by atoms with van der Waals surface area (Å²) < 4.78 is 5.34. The van der Waals surface area contributed by atoms with E-state index in [4.69, 9.17) is 4.74 Å². The quantitative estimate of drug-likeness (QED) is 0.731. The lowest BCUT2D eigenvalue weighted by Gasteiger charge is -2.42. The van der Waals surface area contributed by atoms with Crippen molar-refractivity contribution in [2.24, 2.45) is 5.41 Å². The number of rotatable bonds is 5. The van der Waals surface area contributed by atoms with Gasteiger partial charge in [0, 0.05) is 18.5 Å². The van der Waals surface area contributed by atoms with Gasteiger partial charge in [0.1, 0.15) is 17.6 Å². The molecular formula is C19H23N5O2. The summed E-state index contributed by atoms with van der Waals surface area (Å²) in [7, 11) is 1.67. The molecule has 0 saturated carbocycles. The third kappa shape index (κ3) is 3.10. The third-order valence-corrected chi connectivity index (χ3v) is 5.21. The molecule has 3 aromatic rings. The number of nitrogens with one attached hydrogen (secondary N) is 1. The summed E-state index contributed by atoms with van der Waals surface area (Å²) in [5.41, 5.74) is 2.49. The first-order valence-corrected chi connectivity index (χ1v) is 8.86. The zero-order valence-corrected chi connectivity index (χ0v) is 14.9. The molecule has 7 nitrogen and oxygen atoms in total. The summed E-state index contributed by atoms with van der Waals surface area (Å²) in [5, 5.41) is 10.3. The first-order valence-electron chi connectivity index (χ1n) is 8.86. The Labute approximate surface area is 152 Å². The molecule has 0 unspecified atom stereocenters. The van der Waals surface area contributed by atoms with Gasteiger partial charge < -0.3 is 19.7 Å². The number of aliphatic hydroxyl groups excluding tert-OH is 1. The van der Waals surface area contributed by atoms with Crippen LogP contribution in [-0.4, -0.2) is 51.8 Å². The fourth-order valence-electron chi connectivity index (χ4n) is 3.93. The van der Waals surface area contributed by atoms with Crippen LogP contribution in [0.25, 0.3) is 11.2 Å². The average molecular weight is 353 g/mol. The Balaban J connectivity index is 1.62. The highest BCUT2D eigenvalue weighted by Gasteiger charge is 2.36. The lowest BCUT2D eigenvalue weighted by atomic mass is 9.75. The van der Waals surface area contributed by atoms with E-state index in [2.05, 4.69) is 30.9 Å². The maximum atomic E-state index is 10.3. The van der Waals surface area contributed by atoms with Crippen LogP contribution >= 0.6 is 0 Å². The summed E-state index contributed by atoms with van der Waals surface area (Å²) in [6.45, 7) is 1.79. The lowest BCUT2D eigenvalue weighted by molar-refractivity contribution is 0.105. The molecular weight excluding hydrogens is 330 g/mol. The van der Waals surface area contributed by atoms with E-state index in [-0.39, 0.29) is 12.0 Å². The monoisotopic (exact) mass is 353 g/mol. The van der Waals surface area contributed by atoms with Crippen molar-refractivity contribution < 1.29 is 9.84 Å². The topological polar surface area (TPSA) is 87.2 Å². The Morgan fingerprint density at radius 3 is 3.08 bits per heavy atom. The molecule has 26 heavy (non-hydrogen) atoms. The Morgan fingerprint density at radius 2 is 2.23 bits per heavy atom. The molecule has 0 radical (unpaired) electrons. The van der Waals surface area contributed by atoms with E-state index in [1.165, 1.54) is 5.56 Å². The highest BCUT2D eigenvalue weighted by molar-refractivity contribution is 5.82.